The molecule has 0 aliphatic carbocycles. The Kier molecular flexibility index (Phi) is 7.20. The molecule has 0 heterocycles. The molecule has 7 heteroatoms. The first kappa shape index (κ1) is 21.5. The summed E-state index contributed by atoms with van der Waals surface area (Å²) in [4.78, 5) is 25.4. The van der Waals surface area contributed by atoms with Gasteiger partial charge in [0, 0.05) is 25.9 Å². The standard InChI is InChI=1S/C21H23F3N2O2/c1-15(17-7-9-18(10-8-17)21(22,23)24)13-20(28)26(12-11-19(25)27)14-16-5-3-2-4-6-16/h2-10,15H,11-14H2,1H3,(H2,25,27). The third-order valence-corrected chi connectivity index (χ3v) is 4.48. The van der Waals surface area contributed by atoms with Crippen molar-refractivity contribution in [2.75, 3.05) is 6.54 Å². The first-order chi connectivity index (χ1) is 13.2. The molecule has 0 aliphatic heterocycles. The molecule has 0 aliphatic rings. The molecule has 0 saturated carbocycles. The van der Waals surface area contributed by atoms with Gasteiger partial charge in [-0.05, 0) is 29.2 Å². The molecular weight excluding hydrogens is 369 g/mol. The molecule has 150 valence electrons. The van der Waals surface area contributed by atoms with E-state index in [9.17, 15) is 22.8 Å². The Morgan fingerprint density at radius 3 is 2.18 bits per heavy atom. The van der Waals surface area contributed by atoms with Crippen molar-refractivity contribution in [3.05, 3.63) is 71.3 Å². The van der Waals surface area contributed by atoms with Crippen molar-refractivity contribution >= 4 is 11.8 Å². The van der Waals surface area contributed by atoms with Gasteiger partial charge in [0.15, 0.2) is 0 Å². The Balaban J connectivity index is 2.07. The number of carbonyl (C=O) groups excluding carboxylic acids is 2. The predicted molar refractivity (Wildman–Crippen MR) is 100 cm³/mol. The molecule has 1 unspecified atom stereocenters. The zero-order valence-electron chi connectivity index (χ0n) is 15.6. The first-order valence-corrected chi connectivity index (χ1v) is 8.94. The lowest BCUT2D eigenvalue weighted by Crippen LogP contribution is -2.34. The third kappa shape index (κ3) is 6.40. The van der Waals surface area contributed by atoms with E-state index < -0.39 is 17.6 Å². The van der Waals surface area contributed by atoms with Crippen LogP contribution in [0, 0.1) is 0 Å². The van der Waals surface area contributed by atoms with Crippen LogP contribution in [-0.4, -0.2) is 23.3 Å². The van der Waals surface area contributed by atoms with E-state index in [2.05, 4.69) is 0 Å². The number of nitrogens with zero attached hydrogens (tertiary/aromatic N) is 1. The van der Waals surface area contributed by atoms with Gasteiger partial charge >= 0.3 is 6.18 Å². The summed E-state index contributed by atoms with van der Waals surface area (Å²) in [5.41, 5.74) is 6.05. The molecule has 2 N–H and O–H groups in total. The lowest BCUT2D eigenvalue weighted by atomic mass is 9.96. The summed E-state index contributed by atoms with van der Waals surface area (Å²) < 4.78 is 38.1. The van der Waals surface area contributed by atoms with Gasteiger partial charge in [-0.2, -0.15) is 13.2 Å². The van der Waals surface area contributed by atoms with Gasteiger partial charge in [-0.3, -0.25) is 9.59 Å². The summed E-state index contributed by atoms with van der Waals surface area (Å²) in [5.74, 6) is -0.944. The average Bonchev–Trinajstić information content (AvgIpc) is 2.65. The molecule has 0 aromatic heterocycles. The van der Waals surface area contributed by atoms with Crippen molar-refractivity contribution in [1.29, 1.82) is 0 Å². The zero-order valence-corrected chi connectivity index (χ0v) is 15.6. The third-order valence-electron chi connectivity index (χ3n) is 4.48. The van der Waals surface area contributed by atoms with Gasteiger partial charge in [0.2, 0.25) is 11.8 Å². The Morgan fingerprint density at radius 1 is 1.04 bits per heavy atom. The largest absolute Gasteiger partial charge is 0.416 e. The number of halogens is 3. The number of nitrogens with two attached hydrogens (primary N) is 1. The number of hydrogen-bond donors (Lipinski definition) is 1. The van der Waals surface area contributed by atoms with E-state index in [1.54, 1.807) is 11.8 Å². The second kappa shape index (κ2) is 9.39. The van der Waals surface area contributed by atoms with Crippen molar-refractivity contribution < 1.29 is 22.8 Å². The maximum atomic E-state index is 12.8. The van der Waals surface area contributed by atoms with Crippen LogP contribution in [0.4, 0.5) is 13.2 Å². The summed E-state index contributed by atoms with van der Waals surface area (Å²) in [6.45, 7) is 2.32. The van der Waals surface area contributed by atoms with Crippen molar-refractivity contribution in [1.82, 2.24) is 4.90 Å². The topological polar surface area (TPSA) is 63.4 Å². The minimum atomic E-state index is -4.39. The van der Waals surface area contributed by atoms with Gasteiger partial charge in [-0.25, -0.2) is 0 Å². The molecule has 2 rings (SSSR count). The van der Waals surface area contributed by atoms with Crippen molar-refractivity contribution in [3.63, 3.8) is 0 Å². The van der Waals surface area contributed by atoms with Crippen LogP contribution < -0.4 is 5.73 Å². The SMILES string of the molecule is CC(CC(=O)N(CCC(N)=O)Cc1ccccc1)c1ccc(C(F)(F)F)cc1. The smallest absolute Gasteiger partial charge is 0.370 e. The second-order valence-electron chi connectivity index (χ2n) is 6.74. The van der Waals surface area contributed by atoms with E-state index in [0.717, 1.165) is 17.7 Å². The Labute approximate surface area is 162 Å². The minimum absolute atomic E-state index is 0.0488. The van der Waals surface area contributed by atoms with Crippen molar-refractivity contribution in [2.45, 2.75) is 38.4 Å². The maximum Gasteiger partial charge on any atom is 0.416 e. The quantitative estimate of drug-likeness (QED) is 0.735. The van der Waals surface area contributed by atoms with E-state index in [-0.39, 0.29) is 31.2 Å². The molecule has 0 spiro atoms. The van der Waals surface area contributed by atoms with E-state index >= 15 is 0 Å². The number of alkyl halides is 3. The highest BCUT2D eigenvalue weighted by Crippen LogP contribution is 2.30. The maximum absolute atomic E-state index is 12.8. The van der Waals surface area contributed by atoms with Crippen LogP contribution in [0.3, 0.4) is 0 Å². The van der Waals surface area contributed by atoms with Gasteiger partial charge in [0.25, 0.3) is 0 Å². The van der Waals surface area contributed by atoms with Gasteiger partial charge < -0.3 is 10.6 Å². The Hall–Kier alpha value is -2.83. The summed E-state index contributed by atoms with van der Waals surface area (Å²) in [7, 11) is 0. The van der Waals surface area contributed by atoms with Crippen LogP contribution in [0.25, 0.3) is 0 Å². The number of rotatable bonds is 8. The van der Waals surface area contributed by atoms with Crippen LogP contribution >= 0.6 is 0 Å². The van der Waals surface area contributed by atoms with E-state index in [4.69, 9.17) is 5.73 Å². The van der Waals surface area contributed by atoms with Crippen molar-refractivity contribution in [2.24, 2.45) is 5.73 Å². The summed E-state index contributed by atoms with van der Waals surface area (Å²) >= 11 is 0. The number of carbonyl (C=O) groups is 2. The normalized spacial score (nSPS) is 12.4. The molecule has 2 aromatic rings. The highest BCUT2D eigenvalue weighted by molar-refractivity contribution is 5.79. The predicted octanol–water partition coefficient (Wildman–Crippen LogP) is 4.10. The summed E-state index contributed by atoms with van der Waals surface area (Å²) in [5, 5.41) is 0. The molecule has 28 heavy (non-hydrogen) atoms. The Morgan fingerprint density at radius 2 is 1.64 bits per heavy atom. The van der Waals surface area contributed by atoms with Crippen LogP contribution in [0.2, 0.25) is 0 Å². The Bertz CT molecular complexity index is 790. The van der Waals surface area contributed by atoms with E-state index in [1.807, 2.05) is 30.3 Å². The van der Waals surface area contributed by atoms with Crippen LogP contribution in [0.15, 0.2) is 54.6 Å². The summed E-state index contributed by atoms with van der Waals surface area (Å²) in [6.07, 6.45) is -4.22. The van der Waals surface area contributed by atoms with Crippen molar-refractivity contribution in [3.8, 4) is 0 Å². The van der Waals surface area contributed by atoms with Crippen LogP contribution in [0.1, 0.15) is 42.4 Å². The molecule has 2 aromatic carbocycles. The molecule has 0 radical (unpaired) electrons. The summed E-state index contributed by atoms with van der Waals surface area (Å²) in [6, 6.07) is 14.2. The van der Waals surface area contributed by atoms with Gasteiger partial charge in [-0.1, -0.05) is 49.4 Å². The average molecular weight is 392 g/mol. The van der Waals surface area contributed by atoms with Gasteiger partial charge in [-0.15, -0.1) is 0 Å². The number of amides is 2. The first-order valence-electron chi connectivity index (χ1n) is 8.94. The van der Waals surface area contributed by atoms with Crippen LogP contribution in [0.5, 0.6) is 0 Å². The monoisotopic (exact) mass is 392 g/mol. The van der Waals surface area contributed by atoms with E-state index in [1.165, 1.54) is 12.1 Å². The van der Waals surface area contributed by atoms with Crippen LogP contribution in [-0.2, 0) is 22.3 Å². The highest BCUT2D eigenvalue weighted by atomic mass is 19.4. The lowest BCUT2D eigenvalue weighted by Gasteiger charge is -2.24. The molecular formula is C21H23F3N2O2. The minimum Gasteiger partial charge on any atom is -0.370 e. The second-order valence-corrected chi connectivity index (χ2v) is 6.74. The fourth-order valence-corrected chi connectivity index (χ4v) is 2.85. The number of primary amides is 1. The van der Waals surface area contributed by atoms with E-state index in [0.29, 0.717) is 12.1 Å². The number of hydrogen-bond acceptors (Lipinski definition) is 2. The molecule has 0 bridgehead atoms. The lowest BCUT2D eigenvalue weighted by molar-refractivity contribution is -0.137. The molecule has 2 amide bonds. The van der Waals surface area contributed by atoms with Gasteiger partial charge in [0.05, 0.1) is 5.56 Å². The molecule has 1 atom stereocenters. The fourth-order valence-electron chi connectivity index (χ4n) is 2.85. The molecule has 0 fully saturated rings. The highest BCUT2D eigenvalue weighted by Gasteiger charge is 2.30. The molecule has 4 nitrogen and oxygen atoms in total. The molecule has 0 saturated heterocycles. The zero-order chi connectivity index (χ0) is 20.7. The van der Waals surface area contributed by atoms with Gasteiger partial charge in [0.1, 0.15) is 0 Å². The number of benzene rings is 2. The fraction of sp³-hybridized carbons (Fsp3) is 0.333.